The van der Waals surface area contributed by atoms with Crippen LogP contribution in [0.2, 0.25) is 0 Å². The van der Waals surface area contributed by atoms with Crippen molar-refractivity contribution < 1.29 is 0 Å². The van der Waals surface area contributed by atoms with Crippen LogP contribution in [-0.2, 0) is 5.41 Å². The molecular weight excluding hydrogens is 170 g/mol. The molecule has 1 aromatic carbocycles. The van der Waals surface area contributed by atoms with E-state index < -0.39 is 0 Å². The second-order valence-electron chi connectivity index (χ2n) is 5.34. The molecule has 14 heavy (non-hydrogen) atoms. The summed E-state index contributed by atoms with van der Waals surface area (Å²) in [5, 5.41) is 0. The van der Waals surface area contributed by atoms with Gasteiger partial charge in [0.15, 0.2) is 0 Å². The third-order valence-electron chi connectivity index (χ3n) is 3.01. The highest BCUT2D eigenvalue weighted by molar-refractivity contribution is 5.39. The zero-order chi connectivity index (χ0) is 10.3. The van der Waals surface area contributed by atoms with Gasteiger partial charge in [0.2, 0.25) is 0 Å². The van der Waals surface area contributed by atoms with E-state index in [2.05, 4.69) is 45.0 Å². The lowest BCUT2D eigenvalue weighted by atomic mass is 9.82. The Morgan fingerprint density at radius 3 is 2.29 bits per heavy atom. The number of hydrogen-bond donors (Lipinski definition) is 1. The summed E-state index contributed by atoms with van der Waals surface area (Å²) in [5.74, 6) is 0.616. The summed E-state index contributed by atoms with van der Waals surface area (Å²) >= 11 is 0. The molecule has 1 nitrogen and oxygen atoms in total. The smallest absolute Gasteiger partial charge is 0.0115 e. The molecule has 1 saturated carbocycles. The Bertz CT molecular complexity index is 335. The quantitative estimate of drug-likeness (QED) is 0.722. The van der Waals surface area contributed by atoms with E-state index in [0.717, 1.165) is 6.42 Å². The summed E-state index contributed by atoms with van der Waals surface area (Å²) in [5.41, 5.74) is 9.07. The molecule has 0 saturated heterocycles. The minimum Gasteiger partial charge on any atom is -0.327 e. The number of rotatable bonds is 1. The van der Waals surface area contributed by atoms with Gasteiger partial charge in [-0.15, -0.1) is 0 Å². The van der Waals surface area contributed by atoms with Crippen molar-refractivity contribution >= 4 is 0 Å². The Kier molecular flexibility index (Phi) is 2.15. The van der Waals surface area contributed by atoms with Gasteiger partial charge in [-0.1, -0.05) is 45.0 Å². The first-order valence-corrected chi connectivity index (χ1v) is 5.35. The molecule has 0 bridgehead atoms. The topological polar surface area (TPSA) is 26.0 Å². The fourth-order valence-corrected chi connectivity index (χ4v) is 2.08. The summed E-state index contributed by atoms with van der Waals surface area (Å²) in [6, 6.07) is 9.12. The molecular formula is C13H19N. The van der Waals surface area contributed by atoms with Crippen molar-refractivity contribution in [3.05, 3.63) is 35.4 Å². The van der Waals surface area contributed by atoms with Crippen LogP contribution in [0.25, 0.3) is 0 Å². The summed E-state index contributed by atoms with van der Waals surface area (Å²) in [6.45, 7) is 6.79. The average Bonchev–Trinajstić information content (AvgIpc) is 2.81. The predicted octanol–water partition coefficient (Wildman–Crippen LogP) is 2.80. The van der Waals surface area contributed by atoms with Gasteiger partial charge in [-0.25, -0.2) is 0 Å². The predicted molar refractivity (Wildman–Crippen MR) is 60.5 cm³/mol. The Balaban J connectivity index is 2.39. The molecule has 0 radical (unpaired) electrons. The molecule has 2 N–H and O–H groups in total. The van der Waals surface area contributed by atoms with Crippen molar-refractivity contribution in [1.29, 1.82) is 0 Å². The minimum atomic E-state index is 0.235. The number of hydrogen-bond acceptors (Lipinski definition) is 1. The van der Waals surface area contributed by atoms with Crippen LogP contribution in [-0.4, -0.2) is 6.04 Å². The lowest BCUT2D eigenvalue weighted by Gasteiger charge is -2.22. The van der Waals surface area contributed by atoms with Crippen LogP contribution in [0.15, 0.2) is 24.3 Å². The molecule has 0 heterocycles. The lowest BCUT2D eigenvalue weighted by molar-refractivity contribution is 0.582. The van der Waals surface area contributed by atoms with Crippen LogP contribution in [0, 0.1) is 0 Å². The first-order valence-electron chi connectivity index (χ1n) is 5.35. The fourth-order valence-electron chi connectivity index (χ4n) is 2.08. The molecule has 2 atom stereocenters. The zero-order valence-electron chi connectivity index (χ0n) is 9.25. The standard InChI is InChI=1S/C13H19N/c1-13(2,3)11-7-5-4-6-9(11)10-8-12(10)14/h4-7,10,12H,8,14H2,1-3H3. The van der Waals surface area contributed by atoms with Crippen molar-refractivity contribution in [2.24, 2.45) is 5.73 Å². The molecule has 1 fully saturated rings. The maximum absolute atomic E-state index is 5.91. The van der Waals surface area contributed by atoms with Crippen LogP contribution in [0.4, 0.5) is 0 Å². The third-order valence-corrected chi connectivity index (χ3v) is 3.01. The summed E-state index contributed by atoms with van der Waals surface area (Å²) < 4.78 is 0. The van der Waals surface area contributed by atoms with Crippen LogP contribution < -0.4 is 5.73 Å². The van der Waals surface area contributed by atoms with E-state index in [1.807, 2.05) is 0 Å². The first kappa shape index (κ1) is 9.72. The first-order chi connectivity index (χ1) is 6.50. The molecule has 0 aliphatic heterocycles. The molecule has 2 unspecified atom stereocenters. The van der Waals surface area contributed by atoms with E-state index in [1.54, 1.807) is 0 Å². The van der Waals surface area contributed by atoms with E-state index in [1.165, 1.54) is 11.1 Å². The van der Waals surface area contributed by atoms with Gasteiger partial charge in [-0.2, -0.15) is 0 Å². The highest BCUT2D eigenvalue weighted by atomic mass is 14.7. The molecule has 0 amide bonds. The van der Waals surface area contributed by atoms with Gasteiger partial charge in [0.05, 0.1) is 0 Å². The van der Waals surface area contributed by atoms with Crippen molar-refractivity contribution in [2.75, 3.05) is 0 Å². The van der Waals surface area contributed by atoms with Gasteiger partial charge in [0.1, 0.15) is 0 Å². The fraction of sp³-hybridized carbons (Fsp3) is 0.538. The zero-order valence-corrected chi connectivity index (χ0v) is 9.25. The van der Waals surface area contributed by atoms with E-state index in [9.17, 15) is 0 Å². The molecule has 2 rings (SSSR count). The largest absolute Gasteiger partial charge is 0.327 e. The highest BCUT2D eigenvalue weighted by Crippen LogP contribution is 2.43. The van der Waals surface area contributed by atoms with E-state index >= 15 is 0 Å². The normalized spacial score (nSPS) is 26.3. The maximum Gasteiger partial charge on any atom is 0.0115 e. The lowest BCUT2D eigenvalue weighted by Crippen LogP contribution is -2.14. The van der Waals surface area contributed by atoms with E-state index in [-0.39, 0.29) is 5.41 Å². The Morgan fingerprint density at radius 1 is 1.21 bits per heavy atom. The van der Waals surface area contributed by atoms with E-state index in [0.29, 0.717) is 12.0 Å². The monoisotopic (exact) mass is 189 g/mol. The molecule has 1 heteroatoms. The van der Waals surface area contributed by atoms with Crippen molar-refractivity contribution in [3.8, 4) is 0 Å². The molecule has 1 aliphatic carbocycles. The van der Waals surface area contributed by atoms with Crippen molar-refractivity contribution in [1.82, 2.24) is 0 Å². The van der Waals surface area contributed by atoms with Gasteiger partial charge < -0.3 is 5.73 Å². The SMILES string of the molecule is CC(C)(C)c1ccccc1C1CC1N. The summed E-state index contributed by atoms with van der Waals surface area (Å²) in [6.07, 6.45) is 1.16. The number of nitrogens with two attached hydrogens (primary N) is 1. The molecule has 0 spiro atoms. The van der Waals surface area contributed by atoms with Crippen LogP contribution in [0.1, 0.15) is 44.2 Å². The van der Waals surface area contributed by atoms with Crippen LogP contribution >= 0.6 is 0 Å². The molecule has 0 aromatic heterocycles. The summed E-state index contributed by atoms with van der Waals surface area (Å²) in [4.78, 5) is 0. The molecule has 1 aromatic rings. The van der Waals surface area contributed by atoms with Gasteiger partial charge in [0.25, 0.3) is 0 Å². The van der Waals surface area contributed by atoms with Gasteiger partial charge in [0, 0.05) is 12.0 Å². The van der Waals surface area contributed by atoms with Crippen molar-refractivity contribution in [2.45, 2.75) is 44.6 Å². The van der Waals surface area contributed by atoms with Gasteiger partial charge in [-0.3, -0.25) is 0 Å². The Hall–Kier alpha value is -0.820. The van der Waals surface area contributed by atoms with Crippen LogP contribution in [0.5, 0.6) is 0 Å². The minimum absolute atomic E-state index is 0.235. The van der Waals surface area contributed by atoms with Gasteiger partial charge >= 0.3 is 0 Å². The summed E-state index contributed by atoms with van der Waals surface area (Å²) in [7, 11) is 0. The maximum atomic E-state index is 5.91. The third kappa shape index (κ3) is 1.69. The second-order valence-corrected chi connectivity index (χ2v) is 5.34. The van der Waals surface area contributed by atoms with Crippen molar-refractivity contribution in [3.63, 3.8) is 0 Å². The van der Waals surface area contributed by atoms with Gasteiger partial charge in [-0.05, 0) is 23.0 Å². The molecule has 1 aliphatic rings. The second kappa shape index (κ2) is 3.09. The average molecular weight is 189 g/mol. The Labute approximate surface area is 86.3 Å². The number of benzene rings is 1. The highest BCUT2D eigenvalue weighted by Gasteiger charge is 2.37. The van der Waals surface area contributed by atoms with Crippen LogP contribution in [0.3, 0.4) is 0 Å². The van der Waals surface area contributed by atoms with E-state index in [4.69, 9.17) is 5.73 Å². The molecule has 76 valence electrons. The Morgan fingerprint density at radius 2 is 1.79 bits per heavy atom.